The summed E-state index contributed by atoms with van der Waals surface area (Å²) in [4.78, 5) is 13.2. The smallest absolute Gasteiger partial charge is 0.305 e. The number of nitrogens with zero attached hydrogens (tertiary/aromatic N) is 1. The van der Waals surface area contributed by atoms with E-state index in [1.165, 1.54) is 13.2 Å². The molecular weight excluding hydrogens is 278 g/mol. The van der Waals surface area contributed by atoms with Crippen molar-refractivity contribution in [3.63, 3.8) is 0 Å². The van der Waals surface area contributed by atoms with Crippen LogP contribution in [0.3, 0.4) is 0 Å². The minimum atomic E-state index is -0.863. The Morgan fingerprint density at radius 2 is 2.14 bits per heavy atom. The third kappa shape index (κ3) is 4.14. The zero-order valence-corrected chi connectivity index (χ0v) is 12.0. The van der Waals surface area contributed by atoms with Crippen molar-refractivity contribution in [2.75, 3.05) is 25.1 Å². The Balaban J connectivity index is 2.02. The zero-order chi connectivity index (χ0) is 15.4. The lowest BCUT2D eigenvalue weighted by molar-refractivity contribution is -0.141. The van der Waals surface area contributed by atoms with Gasteiger partial charge in [0.05, 0.1) is 7.11 Å². The van der Waals surface area contributed by atoms with Crippen molar-refractivity contribution in [2.45, 2.75) is 25.3 Å². The Bertz CT molecular complexity index is 510. The van der Waals surface area contributed by atoms with E-state index in [1.54, 1.807) is 6.07 Å². The van der Waals surface area contributed by atoms with Gasteiger partial charge >= 0.3 is 5.97 Å². The first kappa shape index (κ1) is 15.7. The Labute approximate surface area is 122 Å². The molecule has 2 rings (SSSR count). The fourth-order valence-corrected chi connectivity index (χ4v) is 2.77. The molecule has 2 atom stereocenters. The molecular formula is C15H20F2N2O2. The van der Waals surface area contributed by atoms with Crippen LogP contribution in [0.25, 0.3) is 0 Å². The molecule has 4 nitrogen and oxygen atoms in total. The number of hydrogen-bond donors (Lipinski definition) is 1. The highest BCUT2D eigenvalue weighted by atomic mass is 19.2. The molecule has 1 aromatic rings. The number of esters is 1. The number of rotatable bonds is 4. The van der Waals surface area contributed by atoms with Crippen LogP contribution in [0.2, 0.25) is 0 Å². The number of methoxy groups -OCH3 is 1. The first-order valence-electron chi connectivity index (χ1n) is 7.02. The Kier molecular flexibility index (Phi) is 5.12. The highest BCUT2D eigenvalue weighted by Gasteiger charge is 2.26. The van der Waals surface area contributed by atoms with Crippen LogP contribution in [0.4, 0.5) is 14.5 Å². The number of carbonyl (C=O) groups is 1. The van der Waals surface area contributed by atoms with E-state index in [4.69, 9.17) is 5.73 Å². The molecule has 0 aromatic heterocycles. The highest BCUT2D eigenvalue weighted by molar-refractivity contribution is 5.69. The number of anilines is 1. The van der Waals surface area contributed by atoms with Gasteiger partial charge in [-0.15, -0.1) is 0 Å². The minimum Gasteiger partial charge on any atom is -0.469 e. The maximum absolute atomic E-state index is 13.3. The molecule has 1 heterocycles. The van der Waals surface area contributed by atoms with Crippen molar-refractivity contribution < 1.29 is 18.3 Å². The number of halogens is 2. The molecule has 0 spiro atoms. The van der Waals surface area contributed by atoms with Gasteiger partial charge in [-0.2, -0.15) is 0 Å². The van der Waals surface area contributed by atoms with Gasteiger partial charge in [-0.3, -0.25) is 4.79 Å². The molecule has 21 heavy (non-hydrogen) atoms. The summed E-state index contributed by atoms with van der Waals surface area (Å²) in [7, 11) is 1.36. The van der Waals surface area contributed by atoms with Crippen LogP contribution in [-0.4, -0.2) is 32.2 Å². The molecule has 0 amide bonds. The molecule has 116 valence electrons. The predicted molar refractivity (Wildman–Crippen MR) is 75.9 cm³/mol. The summed E-state index contributed by atoms with van der Waals surface area (Å²) in [6.07, 6.45) is 1.84. The normalized spacial score (nSPS) is 22.2. The van der Waals surface area contributed by atoms with Gasteiger partial charge in [0.1, 0.15) is 0 Å². The van der Waals surface area contributed by atoms with Gasteiger partial charge in [-0.1, -0.05) is 0 Å². The van der Waals surface area contributed by atoms with Crippen molar-refractivity contribution in [3.05, 3.63) is 29.8 Å². The monoisotopic (exact) mass is 298 g/mol. The van der Waals surface area contributed by atoms with Crippen LogP contribution in [-0.2, 0) is 9.53 Å². The molecule has 1 aliphatic heterocycles. The SMILES string of the molecule is COC(=O)CCC1CC(N)CN(c2ccc(F)c(F)c2)C1. The van der Waals surface area contributed by atoms with Crippen molar-refractivity contribution in [2.24, 2.45) is 11.7 Å². The topological polar surface area (TPSA) is 55.6 Å². The third-order valence-electron chi connectivity index (χ3n) is 3.82. The van der Waals surface area contributed by atoms with Crippen LogP contribution in [0.15, 0.2) is 18.2 Å². The van der Waals surface area contributed by atoms with Gasteiger partial charge in [-0.05, 0) is 30.9 Å². The lowest BCUT2D eigenvalue weighted by Crippen LogP contribution is -2.47. The molecule has 1 aliphatic rings. The Hall–Kier alpha value is -1.69. The Morgan fingerprint density at radius 3 is 2.81 bits per heavy atom. The van der Waals surface area contributed by atoms with Gasteiger partial charge in [0, 0.05) is 37.3 Å². The second kappa shape index (κ2) is 6.85. The van der Waals surface area contributed by atoms with E-state index in [0.29, 0.717) is 31.6 Å². The first-order chi connectivity index (χ1) is 9.99. The van der Waals surface area contributed by atoms with Gasteiger partial charge < -0.3 is 15.4 Å². The summed E-state index contributed by atoms with van der Waals surface area (Å²) in [5.74, 6) is -1.73. The number of hydrogen-bond acceptors (Lipinski definition) is 4. The summed E-state index contributed by atoms with van der Waals surface area (Å²) in [5.41, 5.74) is 6.65. The molecule has 2 N–H and O–H groups in total. The van der Waals surface area contributed by atoms with E-state index in [0.717, 1.165) is 12.5 Å². The van der Waals surface area contributed by atoms with E-state index >= 15 is 0 Å². The average Bonchev–Trinajstić information content (AvgIpc) is 2.47. The van der Waals surface area contributed by atoms with E-state index in [1.807, 2.05) is 4.90 Å². The predicted octanol–water partition coefficient (Wildman–Crippen LogP) is 2.07. The number of benzene rings is 1. The number of piperidine rings is 1. The second-order valence-corrected chi connectivity index (χ2v) is 5.48. The van der Waals surface area contributed by atoms with E-state index < -0.39 is 11.6 Å². The fraction of sp³-hybridized carbons (Fsp3) is 0.533. The lowest BCUT2D eigenvalue weighted by Gasteiger charge is -2.37. The van der Waals surface area contributed by atoms with E-state index in [-0.39, 0.29) is 17.9 Å². The summed E-state index contributed by atoms with van der Waals surface area (Å²) < 4.78 is 31.0. The van der Waals surface area contributed by atoms with Crippen LogP contribution in [0.5, 0.6) is 0 Å². The lowest BCUT2D eigenvalue weighted by atomic mass is 9.90. The summed E-state index contributed by atoms with van der Waals surface area (Å²) in [5, 5.41) is 0. The van der Waals surface area contributed by atoms with Gasteiger partial charge in [0.25, 0.3) is 0 Å². The molecule has 0 bridgehead atoms. The molecule has 6 heteroatoms. The Morgan fingerprint density at radius 1 is 1.38 bits per heavy atom. The third-order valence-corrected chi connectivity index (χ3v) is 3.82. The standard InChI is InChI=1S/C15H20F2N2O2/c1-21-15(20)5-2-10-6-11(18)9-19(8-10)12-3-4-13(16)14(17)7-12/h3-4,7,10-11H,2,5-6,8-9,18H2,1H3. The summed E-state index contributed by atoms with van der Waals surface area (Å²) in [6.45, 7) is 1.27. The second-order valence-electron chi connectivity index (χ2n) is 5.48. The molecule has 2 unspecified atom stereocenters. The van der Waals surface area contributed by atoms with Gasteiger partial charge in [0.15, 0.2) is 11.6 Å². The molecule has 1 fully saturated rings. The van der Waals surface area contributed by atoms with Crippen LogP contribution in [0.1, 0.15) is 19.3 Å². The van der Waals surface area contributed by atoms with Crippen molar-refractivity contribution >= 4 is 11.7 Å². The molecule has 1 saturated heterocycles. The number of nitrogens with two attached hydrogens (primary N) is 1. The average molecular weight is 298 g/mol. The molecule has 0 aliphatic carbocycles. The zero-order valence-electron chi connectivity index (χ0n) is 12.0. The van der Waals surface area contributed by atoms with Crippen LogP contribution >= 0.6 is 0 Å². The molecule has 1 aromatic carbocycles. The maximum Gasteiger partial charge on any atom is 0.305 e. The van der Waals surface area contributed by atoms with E-state index in [9.17, 15) is 13.6 Å². The van der Waals surface area contributed by atoms with Crippen LogP contribution in [0, 0.1) is 17.6 Å². The minimum absolute atomic E-state index is 0.0467. The summed E-state index contributed by atoms with van der Waals surface area (Å²) >= 11 is 0. The van der Waals surface area contributed by atoms with Crippen molar-refractivity contribution in [1.82, 2.24) is 0 Å². The fourth-order valence-electron chi connectivity index (χ4n) is 2.77. The number of carbonyl (C=O) groups excluding carboxylic acids is 1. The molecule has 0 saturated carbocycles. The van der Waals surface area contributed by atoms with Crippen molar-refractivity contribution in [3.8, 4) is 0 Å². The van der Waals surface area contributed by atoms with Gasteiger partial charge in [0.2, 0.25) is 0 Å². The highest BCUT2D eigenvalue weighted by Crippen LogP contribution is 2.26. The summed E-state index contributed by atoms with van der Waals surface area (Å²) in [6, 6.07) is 3.81. The quantitative estimate of drug-likeness (QED) is 0.865. The maximum atomic E-state index is 13.3. The largest absolute Gasteiger partial charge is 0.469 e. The molecule has 0 radical (unpaired) electrons. The van der Waals surface area contributed by atoms with E-state index in [2.05, 4.69) is 4.74 Å². The van der Waals surface area contributed by atoms with Crippen molar-refractivity contribution in [1.29, 1.82) is 0 Å². The number of ether oxygens (including phenoxy) is 1. The first-order valence-corrected chi connectivity index (χ1v) is 7.02. The van der Waals surface area contributed by atoms with Crippen LogP contribution < -0.4 is 10.6 Å². The van der Waals surface area contributed by atoms with Gasteiger partial charge in [-0.25, -0.2) is 8.78 Å².